The fourth-order valence-electron chi connectivity index (χ4n) is 1.94. The summed E-state index contributed by atoms with van der Waals surface area (Å²) in [6.45, 7) is 2.29. The highest BCUT2D eigenvalue weighted by molar-refractivity contribution is 5.01. The Morgan fingerprint density at radius 2 is 2.27 bits per heavy atom. The minimum absolute atomic E-state index is 0.00208. The second kappa shape index (κ2) is 3.78. The van der Waals surface area contributed by atoms with Gasteiger partial charge in [0.2, 0.25) is 0 Å². The Morgan fingerprint density at radius 1 is 1.55 bits per heavy atom. The molecule has 2 N–H and O–H groups in total. The van der Waals surface area contributed by atoms with Crippen molar-refractivity contribution in [2.45, 2.75) is 38.6 Å². The maximum atomic E-state index is 5.77. The Hall–Kier alpha value is -0.480. The van der Waals surface area contributed by atoms with Crippen LogP contribution < -0.4 is 5.73 Å². The number of nitrogens with two attached hydrogens (primary N) is 1. The number of terminal acetylenes is 1. The Morgan fingerprint density at radius 3 is 2.82 bits per heavy atom. The molecule has 1 heteroatoms. The van der Waals surface area contributed by atoms with E-state index in [0.29, 0.717) is 5.92 Å². The summed E-state index contributed by atoms with van der Waals surface area (Å²) in [5, 5.41) is 0. The van der Waals surface area contributed by atoms with Crippen LogP contribution in [0.5, 0.6) is 0 Å². The highest BCUT2D eigenvalue weighted by atomic mass is 14.6. The molecule has 0 saturated heterocycles. The summed E-state index contributed by atoms with van der Waals surface area (Å²) < 4.78 is 0. The molecule has 0 bridgehead atoms. The quantitative estimate of drug-likeness (QED) is 0.568. The first-order valence-electron chi connectivity index (χ1n) is 4.45. The largest absolute Gasteiger partial charge is 0.317 e. The lowest BCUT2D eigenvalue weighted by atomic mass is 9.79. The van der Waals surface area contributed by atoms with E-state index in [1.54, 1.807) is 0 Å². The van der Waals surface area contributed by atoms with Gasteiger partial charge in [0.15, 0.2) is 0 Å². The minimum Gasteiger partial charge on any atom is -0.317 e. The molecule has 3 unspecified atom stereocenters. The second-order valence-corrected chi connectivity index (χ2v) is 3.72. The first-order valence-corrected chi connectivity index (χ1v) is 4.45. The Kier molecular flexibility index (Phi) is 2.96. The van der Waals surface area contributed by atoms with Gasteiger partial charge in [0.25, 0.3) is 0 Å². The van der Waals surface area contributed by atoms with Crippen molar-refractivity contribution in [3.8, 4) is 12.3 Å². The molecular formula is C10H17N. The fraction of sp³-hybridized carbons (Fsp3) is 0.800. The summed E-state index contributed by atoms with van der Waals surface area (Å²) in [4.78, 5) is 0. The van der Waals surface area contributed by atoms with E-state index in [-0.39, 0.29) is 6.04 Å². The van der Waals surface area contributed by atoms with Crippen LogP contribution in [0.2, 0.25) is 0 Å². The zero-order chi connectivity index (χ0) is 8.27. The minimum atomic E-state index is -0.00208. The molecule has 1 aliphatic rings. The molecule has 0 spiro atoms. The lowest BCUT2D eigenvalue weighted by Crippen LogP contribution is -2.31. The Balaban J connectivity index is 2.40. The van der Waals surface area contributed by atoms with Crippen LogP contribution in [0.25, 0.3) is 0 Å². The van der Waals surface area contributed by atoms with Crippen LogP contribution >= 0.6 is 0 Å². The van der Waals surface area contributed by atoms with E-state index in [4.69, 9.17) is 12.2 Å². The topological polar surface area (TPSA) is 26.0 Å². The molecule has 0 aromatic heterocycles. The monoisotopic (exact) mass is 151 g/mol. The molecule has 1 fully saturated rings. The Bertz CT molecular complexity index is 157. The van der Waals surface area contributed by atoms with Crippen LogP contribution in [0.3, 0.4) is 0 Å². The van der Waals surface area contributed by atoms with Gasteiger partial charge in [-0.25, -0.2) is 0 Å². The summed E-state index contributed by atoms with van der Waals surface area (Å²) in [6, 6.07) is -0.00208. The first-order chi connectivity index (χ1) is 5.24. The van der Waals surface area contributed by atoms with Gasteiger partial charge in [0, 0.05) is 0 Å². The lowest BCUT2D eigenvalue weighted by molar-refractivity contribution is 0.268. The van der Waals surface area contributed by atoms with Crippen LogP contribution in [-0.4, -0.2) is 6.04 Å². The van der Waals surface area contributed by atoms with Gasteiger partial charge in [-0.2, -0.15) is 0 Å². The average Bonchev–Trinajstić information content (AvgIpc) is 2.03. The van der Waals surface area contributed by atoms with E-state index in [0.717, 1.165) is 5.92 Å². The lowest BCUT2D eigenvalue weighted by Gasteiger charge is -2.28. The van der Waals surface area contributed by atoms with Crippen LogP contribution in [0.15, 0.2) is 0 Å². The van der Waals surface area contributed by atoms with Crippen molar-refractivity contribution in [2.75, 3.05) is 0 Å². The van der Waals surface area contributed by atoms with Crippen LogP contribution in [0.4, 0.5) is 0 Å². The normalized spacial score (nSPS) is 34.3. The maximum absolute atomic E-state index is 5.77. The van der Waals surface area contributed by atoms with E-state index in [2.05, 4.69) is 12.8 Å². The fourth-order valence-corrected chi connectivity index (χ4v) is 1.94. The summed E-state index contributed by atoms with van der Waals surface area (Å²) in [5.41, 5.74) is 5.77. The SMILES string of the molecule is C#CC(N)C1CCCC(C)C1. The van der Waals surface area contributed by atoms with E-state index < -0.39 is 0 Å². The molecule has 1 nitrogen and oxygen atoms in total. The predicted molar refractivity (Wildman–Crippen MR) is 47.9 cm³/mol. The van der Waals surface area contributed by atoms with Crippen molar-refractivity contribution < 1.29 is 0 Å². The van der Waals surface area contributed by atoms with Crippen LogP contribution in [0, 0.1) is 24.2 Å². The van der Waals surface area contributed by atoms with Gasteiger partial charge in [0.1, 0.15) is 0 Å². The van der Waals surface area contributed by atoms with Crippen LogP contribution in [0.1, 0.15) is 32.6 Å². The highest BCUT2D eigenvalue weighted by Gasteiger charge is 2.22. The van der Waals surface area contributed by atoms with Crippen molar-refractivity contribution in [3.63, 3.8) is 0 Å². The number of hydrogen-bond donors (Lipinski definition) is 1. The molecule has 0 aromatic carbocycles. The molecule has 62 valence electrons. The van der Waals surface area contributed by atoms with Gasteiger partial charge >= 0.3 is 0 Å². The first kappa shape index (κ1) is 8.62. The van der Waals surface area contributed by atoms with E-state index in [9.17, 15) is 0 Å². The predicted octanol–water partition coefficient (Wildman–Crippen LogP) is 1.77. The zero-order valence-corrected chi connectivity index (χ0v) is 7.22. The molecule has 0 heterocycles. The molecule has 3 atom stereocenters. The van der Waals surface area contributed by atoms with E-state index in [1.807, 2.05) is 0 Å². The smallest absolute Gasteiger partial charge is 0.0690 e. The van der Waals surface area contributed by atoms with Gasteiger partial charge in [-0.1, -0.05) is 25.7 Å². The van der Waals surface area contributed by atoms with E-state index in [1.165, 1.54) is 25.7 Å². The molecule has 0 aromatic rings. The van der Waals surface area contributed by atoms with Gasteiger partial charge in [-0.15, -0.1) is 6.42 Å². The van der Waals surface area contributed by atoms with Crippen molar-refractivity contribution in [1.29, 1.82) is 0 Å². The van der Waals surface area contributed by atoms with Gasteiger partial charge in [-0.05, 0) is 24.7 Å². The third-order valence-electron chi connectivity index (χ3n) is 2.68. The summed E-state index contributed by atoms with van der Waals surface area (Å²) in [5.74, 6) is 4.05. The molecular weight excluding hydrogens is 134 g/mol. The molecule has 1 aliphatic carbocycles. The average molecular weight is 151 g/mol. The van der Waals surface area contributed by atoms with Crippen LogP contribution in [-0.2, 0) is 0 Å². The van der Waals surface area contributed by atoms with Crippen molar-refractivity contribution in [1.82, 2.24) is 0 Å². The van der Waals surface area contributed by atoms with Gasteiger partial charge in [-0.3, -0.25) is 0 Å². The summed E-state index contributed by atoms with van der Waals surface area (Å²) in [6.07, 6.45) is 10.4. The molecule has 11 heavy (non-hydrogen) atoms. The molecule has 0 amide bonds. The summed E-state index contributed by atoms with van der Waals surface area (Å²) >= 11 is 0. The third-order valence-corrected chi connectivity index (χ3v) is 2.68. The Labute approximate surface area is 69.4 Å². The van der Waals surface area contributed by atoms with Gasteiger partial charge in [0.05, 0.1) is 6.04 Å². The van der Waals surface area contributed by atoms with Crippen molar-refractivity contribution >= 4 is 0 Å². The molecule has 1 saturated carbocycles. The third kappa shape index (κ3) is 2.24. The van der Waals surface area contributed by atoms with Crippen molar-refractivity contribution in [3.05, 3.63) is 0 Å². The molecule has 0 aliphatic heterocycles. The summed E-state index contributed by atoms with van der Waals surface area (Å²) in [7, 11) is 0. The van der Waals surface area contributed by atoms with Gasteiger partial charge < -0.3 is 5.73 Å². The highest BCUT2D eigenvalue weighted by Crippen LogP contribution is 2.29. The van der Waals surface area contributed by atoms with Crippen molar-refractivity contribution in [2.24, 2.45) is 17.6 Å². The standard InChI is InChI=1S/C10H17N/c1-3-10(11)9-6-4-5-8(2)7-9/h1,8-10H,4-7,11H2,2H3. The second-order valence-electron chi connectivity index (χ2n) is 3.72. The number of rotatable bonds is 1. The van der Waals surface area contributed by atoms with E-state index >= 15 is 0 Å². The maximum Gasteiger partial charge on any atom is 0.0690 e. The molecule has 1 rings (SSSR count). The molecule has 0 radical (unpaired) electrons. The zero-order valence-electron chi connectivity index (χ0n) is 7.22. The number of hydrogen-bond acceptors (Lipinski definition) is 1.